The fourth-order valence-corrected chi connectivity index (χ4v) is 5.56. The van der Waals surface area contributed by atoms with Crippen LogP contribution in [0.25, 0.3) is 10.2 Å². The minimum absolute atomic E-state index is 0.0773. The number of hydrogen-bond acceptors (Lipinski definition) is 6. The summed E-state index contributed by atoms with van der Waals surface area (Å²) >= 11 is 7.40. The Hall–Kier alpha value is -2.84. The van der Waals surface area contributed by atoms with Crippen LogP contribution in [0.1, 0.15) is 31.2 Å². The van der Waals surface area contributed by atoms with Gasteiger partial charge in [0, 0.05) is 17.2 Å². The fourth-order valence-electron chi connectivity index (χ4n) is 4.40. The summed E-state index contributed by atoms with van der Waals surface area (Å²) in [5, 5.41) is 0.625. The second kappa shape index (κ2) is 9.57. The van der Waals surface area contributed by atoms with Gasteiger partial charge in [-0.05, 0) is 30.5 Å². The van der Waals surface area contributed by atoms with Crippen LogP contribution in [0.4, 0.5) is 0 Å². The number of esters is 1. The van der Waals surface area contributed by atoms with E-state index < -0.39 is 11.4 Å². The molecule has 33 heavy (non-hydrogen) atoms. The number of halogens is 1. The number of nitrogens with zero attached hydrogens (tertiary/aromatic N) is 2. The summed E-state index contributed by atoms with van der Waals surface area (Å²) in [6, 6.07) is 11.0. The number of aromatic nitrogens is 1. The molecule has 0 aliphatic heterocycles. The molecule has 0 atom stereocenters. The van der Waals surface area contributed by atoms with Gasteiger partial charge in [-0.1, -0.05) is 47.9 Å². The first-order chi connectivity index (χ1) is 15.9. The summed E-state index contributed by atoms with van der Waals surface area (Å²) in [4.78, 5) is 30.9. The van der Waals surface area contributed by atoms with Gasteiger partial charge in [0.15, 0.2) is 16.3 Å². The normalized spacial score (nSPS) is 15.6. The zero-order chi connectivity index (χ0) is 23.6. The smallest absolute Gasteiger partial charge is 0.325 e. The zero-order valence-electron chi connectivity index (χ0n) is 18.7. The number of amides is 1. The van der Waals surface area contributed by atoms with E-state index in [4.69, 9.17) is 25.8 Å². The largest absolute Gasteiger partial charge is 0.493 e. The maximum Gasteiger partial charge on any atom is 0.325 e. The number of benzene rings is 2. The van der Waals surface area contributed by atoms with Crippen molar-refractivity contribution >= 4 is 45.0 Å². The Morgan fingerprint density at radius 1 is 1.06 bits per heavy atom. The maximum absolute atomic E-state index is 13.7. The van der Waals surface area contributed by atoms with Crippen LogP contribution in [0, 0.1) is 0 Å². The standard InChI is InChI=1S/C24H25ClN2O5S/c1-30-18-12-17-20(13-19(18)31-2)33-23(27(17)14-21(28)32-3)26-22(29)24(10-4-5-11-24)15-6-8-16(25)9-7-15/h6-9,12-13H,4-5,10-11,14H2,1-3H3. The maximum atomic E-state index is 13.7. The van der Waals surface area contributed by atoms with Crippen LogP contribution in [0.5, 0.6) is 11.5 Å². The Morgan fingerprint density at radius 2 is 1.70 bits per heavy atom. The van der Waals surface area contributed by atoms with Crippen molar-refractivity contribution in [3.8, 4) is 11.5 Å². The predicted octanol–water partition coefficient (Wildman–Crippen LogP) is 4.49. The molecule has 174 valence electrons. The number of rotatable bonds is 6. The molecule has 1 amide bonds. The van der Waals surface area contributed by atoms with E-state index in [1.165, 1.54) is 18.4 Å². The van der Waals surface area contributed by atoms with Gasteiger partial charge in [0.05, 0.1) is 37.0 Å². The third-order valence-corrected chi connectivity index (χ3v) is 7.46. The molecule has 4 rings (SSSR count). The van der Waals surface area contributed by atoms with Crippen molar-refractivity contribution < 1.29 is 23.8 Å². The van der Waals surface area contributed by atoms with Crippen molar-refractivity contribution in [3.63, 3.8) is 0 Å². The lowest BCUT2D eigenvalue weighted by Crippen LogP contribution is -2.34. The van der Waals surface area contributed by atoms with Gasteiger partial charge in [0.2, 0.25) is 0 Å². The quantitative estimate of drug-likeness (QED) is 0.478. The van der Waals surface area contributed by atoms with E-state index in [9.17, 15) is 9.59 Å². The number of carbonyl (C=O) groups is 2. The number of ether oxygens (including phenoxy) is 3. The van der Waals surface area contributed by atoms with E-state index in [1.54, 1.807) is 37.0 Å². The number of hydrogen-bond donors (Lipinski definition) is 0. The highest BCUT2D eigenvalue weighted by Gasteiger charge is 2.42. The van der Waals surface area contributed by atoms with Crippen molar-refractivity contribution in [1.82, 2.24) is 4.57 Å². The summed E-state index contributed by atoms with van der Waals surface area (Å²) in [5.41, 5.74) is 0.933. The number of carbonyl (C=O) groups excluding carboxylic acids is 2. The first-order valence-electron chi connectivity index (χ1n) is 10.6. The average molecular weight is 489 g/mol. The molecular formula is C24H25ClN2O5S. The lowest BCUT2D eigenvalue weighted by molar-refractivity contribution is -0.141. The van der Waals surface area contributed by atoms with E-state index in [1.807, 2.05) is 18.2 Å². The minimum Gasteiger partial charge on any atom is -0.493 e. The molecule has 0 saturated heterocycles. The molecule has 0 unspecified atom stereocenters. The van der Waals surface area contributed by atoms with Crippen LogP contribution in [0.3, 0.4) is 0 Å². The number of methoxy groups -OCH3 is 3. The van der Waals surface area contributed by atoms with Crippen molar-refractivity contribution in [2.24, 2.45) is 4.99 Å². The van der Waals surface area contributed by atoms with Crippen molar-refractivity contribution in [2.75, 3.05) is 21.3 Å². The Morgan fingerprint density at radius 3 is 2.30 bits per heavy atom. The summed E-state index contributed by atoms with van der Waals surface area (Å²) in [5.74, 6) is 0.425. The van der Waals surface area contributed by atoms with E-state index >= 15 is 0 Å². The molecule has 7 nitrogen and oxygen atoms in total. The summed E-state index contributed by atoms with van der Waals surface area (Å²) in [7, 11) is 4.44. The molecule has 0 radical (unpaired) electrons. The Kier molecular flexibility index (Phi) is 6.76. The molecule has 0 N–H and O–H groups in total. The molecule has 0 spiro atoms. The van der Waals surface area contributed by atoms with Crippen molar-refractivity contribution in [3.05, 3.63) is 51.8 Å². The molecular weight excluding hydrogens is 464 g/mol. The van der Waals surface area contributed by atoms with Gasteiger partial charge in [0.1, 0.15) is 6.54 Å². The topological polar surface area (TPSA) is 79.1 Å². The molecule has 1 saturated carbocycles. The highest BCUT2D eigenvalue weighted by atomic mass is 35.5. The number of fused-ring (bicyclic) bond motifs is 1. The summed E-state index contributed by atoms with van der Waals surface area (Å²) < 4.78 is 18.2. The van der Waals surface area contributed by atoms with Crippen LogP contribution < -0.4 is 14.3 Å². The van der Waals surface area contributed by atoms with Crippen LogP contribution in [0.15, 0.2) is 41.4 Å². The average Bonchev–Trinajstić information content (AvgIpc) is 3.44. The molecule has 1 aliphatic rings. The minimum atomic E-state index is -0.695. The third kappa shape index (κ3) is 4.37. The van der Waals surface area contributed by atoms with Crippen LogP contribution >= 0.6 is 22.9 Å². The van der Waals surface area contributed by atoms with Gasteiger partial charge in [-0.25, -0.2) is 0 Å². The van der Waals surface area contributed by atoms with Gasteiger partial charge < -0.3 is 18.8 Å². The molecule has 3 aromatic rings. The Balaban J connectivity index is 1.88. The van der Waals surface area contributed by atoms with Crippen LogP contribution in [0.2, 0.25) is 5.02 Å². The highest BCUT2D eigenvalue weighted by Crippen LogP contribution is 2.42. The van der Waals surface area contributed by atoms with E-state index in [0.717, 1.165) is 35.9 Å². The van der Waals surface area contributed by atoms with E-state index in [-0.39, 0.29) is 12.5 Å². The molecule has 2 aromatic carbocycles. The van der Waals surface area contributed by atoms with Gasteiger partial charge in [-0.15, -0.1) is 0 Å². The summed E-state index contributed by atoms with van der Waals surface area (Å²) in [6.45, 7) is -0.0773. The zero-order valence-corrected chi connectivity index (χ0v) is 20.3. The lowest BCUT2D eigenvalue weighted by atomic mass is 9.78. The monoisotopic (exact) mass is 488 g/mol. The SMILES string of the molecule is COC(=O)Cn1c(=NC(=O)C2(c3ccc(Cl)cc3)CCCC2)sc2cc(OC)c(OC)cc21. The van der Waals surface area contributed by atoms with Gasteiger partial charge in [-0.2, -0.15) is 4.99 Å². The predicted molar refractivity (Wildman–Crippen MR) is 127 cm³/mol. The first-order valence-corrected chi connectivity index (χ1v) is 11.8. The van der Waals surface area contributed by atoms with Gasteiger partial charge >= 0.3 is 5.97 Å². The Bertz CT molecular complexity index is 1260. The van der Waals surface area contributed by atoms with E-state index in [2.05, 4.69) is 4.99 Å². The number of thiazole rings is 1. The van der Waals surface area contributed by atoms with Gasteiger partial charge in [-0.3, -0.25) is 9.59 Å². The highest BCUT2D eigenvalue weighted by molar-refractivity contribution is 7.16. The van der Waals surface area contributed by atoms with E-state index in [0.29, 0.717) is 26.8 Å². The fraction of sp³-hybridized carbons (Fsp3) is 0.375. The lowest BCUT2D eigenvalue weighted by Gasteiger charge is -2.25. The second-order valence-corrected chi connectivity index (χ2v) is 9.38. The molecule has 1 aliphatic carbocycles. The van der Waals surface area contributed by atoms with Crippen molar-refractivity contribution in [2.45, 2.75) is 37.6 Å². The molecule has 1 fully saturated rings. The van der Waals surface area contributed by atoms with Crippen molar-refractivity contribution in [1.29, 1.82) is 0 Å². The van der Waals surface area contributed by atoms with Gasteiger partial charge in [0.25, 0.3) is 5.91 Å². The molecule has 1 aromatic heterocycles. The first kappa shape index (κ1) is 23.3. The van der Waals surface area contributed by atoms with Crippen LogP contribution in [-0.2, 0) is 26.3 Å². The third-order valence-electron chi connectivity index (χ3n) is 6.16. The van der Waals surface area contributed by atoms with Crippen LogP contribution in [-0.4, -0.2) is 37.8 Å². The summed E-state index contributed by atoms with van der Waals surface area (Å²) in [6.07, 6.45) is 3.35. The second-order valence-electron chi connectivity index (χ2n) is 7.93. The molecule has 9 heteroatoms. The molecule has 0 bridgehead atoms. The molecule has 1 heterocycles. The Labute approximate surface area is 200 Å².